The highest BCUT2D eigenvalue weighted by Crippen LogP contribution is 2.20. The number of nitrogens with one attached hydrogen (secondary N) is 2. The molecule has 2 heterocycles. The number of aromatic nitrogens is 3. The van der Waals surface area contributed by atoms with Gasteiger partial charge in [0.1, 0.15) is 11.2 Å². The summed E-state index contributed by atoms with van der Waals surface area (Å²) in [7, 11) is -1.07. The van der Waals surface area contributed by atoms with Gasteiger partial charge in [-0.25, -0.2) is 15.3 Å². The van der Waals surface area contributed by atoms with Crippen molar-refractivity contribution >= 4 is 42.9 Å². The molecule has 0 aliphatic rings. The van der Waals surface area contributed by atoms with Gasteiger partial charge >= 0.3 is 6.09 Å². The van der Waals surface area contributed by atoms with Gasteiger partial charge in [-0.1, -0.05) is 25.7 Å². The second-order valence-corrected chi connectivity index (χ2v) is 15.8. The smallest absolute Gasteiger partial charge is 0.407 e. The van der Waals surface area contributed by atoms with Crippen LogP contribution in [0.3, 0.4) is 0 Å². The van der Waals surface area contributed by atoms with Crippen LogP contribution in [0.25, 0.3) is 17.1 Å². The van der Waals surface area contributed by atoms with E-state index in [-0.39, 0.29) is 5.28 Å². The van der Waals surface area contributed by atoms with E-state index < -0.39 is 19.8 Å². The Labute approximate surface area is 196 Å². The largest absolute Gasteiger partial charge is 0.444 e. The Kier molecular flexibility index (Phi) is 9.69. The number of ether oxygens (including phenoxy) is 1. The second kappa shape index (κ2) is 11.8. The van der Waals surface area contributed by atoms with Crippen molar-refractivity contribution in [2.45, 2.75) is 65.0 Å². The summed E-state index contributed by atoms with van der Waals surface area (Å²) in [5, 5.41) is 3.86. The third-order valence-electron chi connectivity index (χ3n) is 4.40. The highest BCUT2D eigenvalue weighted by atomic mass is 35.5. The van der Waals surface area contributed by atoms with Crippen LogP contribution in [0.2, 0.25) is 31.0 Å². The van der Waals surface area contributed by atoms with Gasteiger partial charge in [-0.3, -0.25) is 0 Å². The number of rotatable bonds is 11. The van der Waals surface area contributed by atoms with Gasteiger partial charge in [-0.15, -0.1) is 0 Å². The first-order valence-corrected chi connectivity index (χ1v) is 15.0. The van der Waals surface area contributed by atoms with E-state index in [1.165, 1.54) is 0 Å². The van der Waals surface area contributed by atoms with Crippen molar-refractivity contribution in [1.82, 2.24) is 25.3 Å². The Morgan fingerprint density at radius 1 is 1.28 bits per heavy atom. The molecule has 0 aliphatic heterocycles. The molecule has 2 N–H and O–H groups in total. The monoisotopic (exact) mass is 481 g/mol. The van der Waals surface area contributed by atoms with Crippen LogP contribution in [0.5, 0.6) is 0 Å². The van der Waals surface area contributed by atoms with Crippen LogP contribution in [0.4, 0.5) is 4.79 Å². The number of halogens is 1. The van der Waals surface area contributed by atoms with Gasteiger partial charge in [0.05, 0.1) is 6.61 Å². The minimum Gasteiger partial charge on any atom is -0.444 e. The molecule has 0 aromatic carbocycles. The number of carbonyl (C=O) groups excluding carboxylic acids is 1. The van der Waals surface area contributed by atoms with Gasteiger partial charge in [-0.05, 0) is 57.0 Å². The van der Waals surface area contributed by atoms with E-state index in [1.807, 2.05) is 37.5 Å². The predicted octanol–water partition coefficient (Wildman–Crippen LogP) is 4.87. The van der Waals surface area contributed by atoms with Gasteiger partial charge in [-0.2, -0.15) is 4.98 Å². The zero-order chi connectivity index (χ0) is 23.8. The van der Waals surface area contributed by atoms with Crippen molar-refractivity contribution in [2.24, 2.45) is 0 Å². The number of amides is 1. The SMILES string of the molecule is CC(C)(C)OC(=O)NCCn1c(/C=C/CCNOCC[Si](C)(C)C)cc2cnc(Cl)nc21. The van der Waals surface area contributed by atoms with Crippen LogP contribution >= 0.6 is 11.6 Å². The highest BCUT2D eigenvalue weighted by molar-refractivity contribution is 6.76. The van der Waals surface area contributed by atoms with Crippen molar-refractivity contribution < 1.29 is 14.4 Å². The van der Waals surface area contributed by atoms with Gasteiger partial charge in [0.15, 0.2) is 0 Å². The molecule has 0 atom stereocenters. The van der Waals surface area contributed by atoms with E-state index in [0.717, 1.165) is 42.3 Å². The van der Waals surface area contributed by atoms with Crippen LogP contribution in [-0.4, -0.2) is 54.0 Å². The fourth-order valence-corrected chi connectivity index (χ4v) is 3.69. The number of carbonyl (C=O) groups is 1. The standard InChI is InChI=1S/C22H36ClN5O3Si/c1-22(2,3)31-21(29)24-11-12-28-18(15-17-16-25-20(23)27-19(17)28)9-7-8-10-26-30-13-14-32(4,5)6/h7,9,15-16,26H,8,10-14H2,1-6H3,(H,24,29)/b9-7+. The third kappa shape index (κ3) is 9.68. The number of hydrogen-bond acceptors (Lipinski definition) is 6. The number of hydrogen-bond donors (Lipinski definition) is 2. The number of hydroxylamine groups is 1. The van der Waals surface area contributed by atoms with Gasteiger partial charge < -0.3 is 19.5 Å². The van der Waals surface area contributed by atoms with Crippen LogP contribution in [0.1, 0.15) is 32.9 Å². The maximum Gasteiger partial charge on any atom is 0.407 e. The Bertz CT molecular complexity index is 919. The molecule has 0 fully saturated rings. The summed E-state index contributed by atoms with van der Waals surface area (Å²) in [6.07, 6.45) is 6.19. The number of fused-ring (bicyclic) bond motifs is 1. The molecule has 0 aliphatic carbocycles. The van der Waals surface area contributed by atoms with Crippen LogP contribution in [0, 0.1) is 0 Å². The minimum absolute atomic E-state index is 0.187. The average molecular weight is 482 g/mol. The molecular weight excluding hydrogens is 446 g/mol. The molecular formula is C22H36ClN5O3Si. The first kappa shape index (κ1) is 26.3. The first-order valence-electron chi connectivity index (χ1n) is 10.9. The van der Waals surface area contributed by atoms with Gasteiger partial charge in [0.25, 0.3) is 0 Å². The third-order valence-corrected chi connectivity index (χ3v) is 6.28. The summed E-state index contributed by atoms with van der Waals surface area (Å²) in [6.45, 7) is 14.9. The van der Waals surface area contributed by atoms with Gasteiger partial charge in [0, 0.05) is 45.0 Å². The molecule has 178 valence electrons. The maximum absolute atomic E-state index is 11.9. The Morgan fingerprint density at radius 3 is 2.72 bits per heavy atom. The average Bonchev–Trinajstić information content (AvgIpc) is 2.98. The lowest BCUT2D eigenvalue weighted by Crippen LogP contribution is -2.34. The van der Waals surface area contributed by atoms with E-state index in [9.17, 15) is 4.79 Å². The van der Waals surface area contributed by atoms with Crippen molar-refractivity contribution in [3.05, 3.63) is 29.3 Å². The summed E-state index contributed by atoms with van der Waals surface area (Å²) in [6, 6.07) is 3.14. The molecule has 1 amide bonds. The van der Waals surface area contributed by atoms with E-state index in [2.05, 4.69) is 46.5 Å². The fourth-order valence-electron chi connectivity index (χ4n) is 2.84. The molecule has 0 radical (unpaired) electrons. The molecule has 2 aromatic heterocycles. The molecule has 0 saturated heterocycles. The molecule has 0 bridgehead atoms. The Hall–Kier alpha value is -1.94. The Morgan fingerprint density at radius 2 is 2.03 bits per heavy atom. The van der Waals surface area contributed by atoms with Crippen LogP contribution in [-0.2, 0) is 16.1 Å². The minimum atomic E-state index is -1.07. The topological polar surface area (TPSA) is 90.3 Å². The lowest BCUT2D eigenvalue weighted by molar-refractivity contribution is 0.0517. The van der Waals surface area contributed by atoms with Crippen molar-refractivity contribution in [2.75, 3.05) is 19.7 Å². The molecule has 32 heavy (non-hydrogen) atoms. The molecule has 0 spiro atoms. The van der Waals surface area contributed by atoms with E-state index >= 15 is 0 Å². The second-order valence-electron chi connectivity index (χ2n) is 9.81. The van der Waals surface area contributed by atoms with Gasteiger partial charge in [0.2, 0.25) is 5.28 Å². The van der Waals surface area contributed by atoms with E-state index in [4.69, 9.17) is 21.2 Å². The summed E-state index contributed by atoms with van der Waals surface area (Å²) in [4.78, 5) is 25.9. The normalized spacial score (nSPS) is 12.6. The Balaban J connectivity index is 1.94. The predicted molar refractivity (Wildman–Crippen MR) is 133 cm³/mol. The highest BCUT2D eigenvalue weighted by Gasteiger charge is 2.16. The molecule has 2 rings (SSSR count). The quantitative estimate of drug-likeness (QED) is 0.206. The number of alkyl carbamates (subject to hydrolysis) is 1. The zero-order valence-electron chi connectivity index (χ0n) is 20.0. The molecule has 0 unspecified atom stereocenters. The van der Waals surface area contributed by atoms with E-state index in [1.54, 1.807) is 6.20 Å². The molecule has 2 aromatic rings. The molecule has 10 heteroatoms. The molecule has 0 saturated carbocycles. The van der Waals surface area contributed by atoms with Crippen molar-refractivity contribution in [3.63, 3.8) is 0 Å². The van der Waals surface area contributed by atoms with Crippen LogP contribution < -0.4 is 10.8 Å². The van der Waals surface area contributed by atoms with Crippen LogP contribution in [0.15, 0.2) is 18.3 Å². The zero-order valence-corrected chi connectivity index (χ0v) is 21.8. The summed E-state index contributed by atoms with van der Waals surface area (Å²) in [5.74, 6) is 0. The summed E-state index contributed by atoms with van der Waals surface area (Å²) in [5.41, 5.74) is 4.17. The summed E-state index contributed by atoms with van der Waals surface area (Å²) < 4.78 is 7.30. The number of nitrogens with zero attached hydrogens (tertiary/aromatic N) is 3. The lowest BCUT2D eigenvalue weighted by atomic mass is 10.2. The van der Waals surface area contributed by atoms with E-state index in [0.29, 0.717) is 13.1 Å². The first-order chi connectivity index (χ1) is 14.9. The van der Waals surface area contributed by atoms with Crippen molar-refractivity contribution in [1.29, 1.82) is 0 Å². The summed E-state index contributed by atoms with van der Waals surface area (Å²) >= 11 is 6.01. The lowest BCUT2D eigenvalue weighted by Gasteiger charge is -2.19. The molecule has 8 nitrogen and oxygen atoms in total. The van der Waals surface area contributed by atoms with Crippen molar-refractivity contribution in [3.8, 4) is 0 Å². The fraction of sp³-hybridized carbons (Fsp3) is 0.591. The maximum atomic E-state index is 11.9.